The molecule has 1 aliphatic rings. The summed E-state index contributed by atoms with van der Waals surface area (Å²) in [5.41, 5.74) is 2.56. The summed E-state index contributed by atoms with van der Waals surface area (Å²) in [7, 11) is 0. The van der Waals surface area contributed by atoms with E-state index < -0.39 is 0 Å². The fourth-order valence-electron chi connectivity index (χ4n) is 3.35. The molecule has 0 saturated heterocycles. The van der Waals surface area contributed by atoms with Gasteiger partial charge < -0.3 is 9.88 Å². The van der Waals surface area contributed by atoms with Crippen molar-refractivity contribution in [1.29, 1.82) is 0 Å². The fourth-order valence-corrected chi connectivity index (χ4v) is 3.35. The van der Waals surface area contributed by atoms with Gasteiger partial charge in [0.15, 0.2) is 0 Å². The number of hydrogen-bond donors (Lipinski definition) is 1. The molecule has 1 fully saturated rings. The lowest BCUT2D eigenvalue weighted by atomic mass is 9.78. The quantitative estimate of drug-likeness (QED) is 0.912. The van der Waals surface area contributed by atoms with Gasteiger partial charge in [0, 0.05) is 30.7 Å². The van der Waals surface area contributed by atoms with E-state index in [1.165, 1.54) is 30.5 Å². The number of nitrogens with zero attached hydrogens (tertiary/aromatic N) is 2. The Labute approximate surface area is 127 Å². The second kappa shape index (κ2) is 6.33. The SMILES string of the molecule is CC1CCCC(Nc2cccc(Cn3ccnc3)c2)C1C. The highest BCUT2D eigenvalue weighted by atomic mass is 15.0. The molecule has 0 amide bonds. The van der Waals surface area contributed by atoms with Crippen LogP contribution in [0.2, 0.25) is 0 Å². The van der Waals surface area contributed by atoms with Gasteiger partial charge in [0.1, 0.15) is 0 Å². The maximum absolute atomic E-state index is 4.10. The molecule has 1 saturated carbocycles. The topological polar surface area (TPSA) is 29.9 Å². The van der Waals surface area contributed by atoms with Crippen LogP contribution in [-0.4, -0.2) is 15.6 Å². The molecule has 112 valence electrons. The standard InChI is InChI=1S/C18H25N3/c1-14-5-3-8-18(15(14)2)20-17-7-4-6-16(11-17)12-21-10-9-19-13-21/h4,6-7,9-11,13-15,18,20H,3,5,8,12H2,1-2H3. The molecular formula is C18H25N3. The van der Waals surface area contributed by atoms with Crippen LogP contribution in [0.15, 0.2) is 43.0 Å². The van der Waals surface area contributed by atoms with Crippen LogP contribution in [0.4, 0.5) is 5.69 Å². The zero-order chi connectivity index (χ0) is 14.7. The molecule has 0 radical (unpaired) electrons. The van der Waals surface area contributed by atoms with Gasteiger partial charge in [0.2, 0.25) is 0 Å². The van der Waals surface area contributed by atoms with Gasteiger partial charge in [-0.15, -0.1) is 0 Å². The van der Waals surface area contributed by atoms with Crippen LogP contribution in [0, 0.1) is 11.8 Å². The smallest absolute Gasteiger partial charge is 0.0949 e. The first-order valence-electron chi connectivity index (χ1n) is 8.03. The predicted molar refractivity (Wildman–Crippen MR) is 87.4 cm³/mol. The molecule has 0 spiro atoms. The number of hydrogen-bond acceptors (Lipinski definition) is 2. The lowest BCUT2D eigenvalue weighted by molar-refractivity contribution is 0.253. The van der Waals surface area contributed by atoms with Crippen molar-refractivity contribution in [3.05, 3.63) is 48.5 Å². The van der Waals surface area contributed by atoms with Gasteiger partial charge in [-0.3, -0.25) is 0 Å². The van der Waals surface area contributed by atoms with Gasteiger partial charge in [0.25, 0.3) is 0 Å². The highest BCUT2D eigenvalue weighted by molar-refractivity contribution is 5.46. The first-order chi connectivity index (χ1) is 10.2. The Hall–Kier alpha value is -1.77. The van der Waals surface area contributed by atoms with Gasteiger partial charge in [-0.25, -0.2) is 4.98 Å². The van der Waals surface area contributed by atoms with Crippen molar-refractivity contribution in [2.24, 2.45) is 11.8 Å². The molecule has 21 heavy (non-hydrogen) atoms. The Morgan fingerprint density at radius 1 is 1.29 bits per heavy atom. The normalized spacial score (nSPS) is 25.7. The lowest BCUT2D eigenvalue weighted by Crippen LogP contribution is -2.35. The fraction of sp³-hybridized carbons (Fsp3) is 0.500. The molecule has 1 aromatic heterocycles. The van der Waals surface area contributed by atoms with Crippen molar-refractivity contribution in [1.82, 2.24) is 9.55 Å². The first-order valence-corrected chi connectivity index (χ1v) is 8.03. The van der Waals surface area contributed by atoms with Crippen molar-refractivity contribution in [2.75, 3.05) is 5.32 Å². The molecular weight excluding hydrogens is 258 g/mol. The lowest BCUT2D eigenvalue weighted by Gasteiger charge is -2.35. The highest BCUT2D eigenvalue weighted by Gasteiger charge is 2.26. The van der Waals surface area contributed by atoms with Gasteiger partial charge in [-0.1, -0.05) is 38.8 Å². The van der Waals surface area contributed by atoms with E-state index in [1.54, 1.807) is 0 Å². The highest BCUT2D eigenvalue weighted by Crippen LogP contribution is 2.31. The van der Waals surface area contributed by atoms with E-state index in [0.29, 0.717) is 6.04 Å². The third-order valence-electron chi connectivity index (χ3n) is 4.91. The monoisotopic (exact) mass is 283 g/mol. The van der Waals surface area contributed by atoms with Gasteiger partial charge >= 0.3 is 0 Å². The molecule has 3 nitrogen and oxygen atoms in total. The van der Waals surface area contributed by atoms with Crippen LogP contribution in [0.1, 0.15) is 38.7 Å². The Morgan fingerprint density at radius 3 is 3.00 bits per heavy atom. The number of aromatic nitrogens is 2. The minimum Gasteiger partial charge on any atom is -0.382 e. The minimum absolute atomic E-state index is 0.609. The Bertz CT molecular complexity index is 562. The maximum Gasteiger partial charge on any atom is 0.0949 e. The van der Waals surface area contributed by atoms with Crippen molar-refractivity contribution >= 4 is 5.69 Å². The number of rotatable bonds is 4. The molecule has 1 aromatic carbocycles. The van der Waals surface area contributed by atoms with Gasteiger partial charge in [-0.05, 0) is 36.0 Å². The summed E-state index contributed by atoms with van der Waals surface area (Å²) in [5, 5.41) is 3.76. The van der Waals surface area contributed by atoms with E-state index in [2.05, 4.69) is 53.0 Å². The predicted octanol–water partition coefficient (Wildman–Crippen LogP) is 4.17. The Balaban J connectivity index is 1.68. The molecule has 0 bridgehead atoms. The summed E-state index contributed by atoms with van der Waals surface area (Å²) in [6.07, 6.45) is 9.71. The Kier molecular flexibility index (Phi) is 4.28. The van der Waals surface area contributed by atoms with Crippen LogP contribution in [0.25, 0.3) is 0 Å². The summed E-state index contributed by atoms with van der Waals surface area (Å²) >= 11 is 0. The zero-order valence-corrected chi connectivity index (χ0v) is 13.0. The summed E-state index contributed by atoms with van der Waals surface area (Å²) in [6, 6.07) is 9.39. The second-order valence-corrected chi connectivity index (χ2v) is 6.45. The summed E-state index contributed by atoms with van der Waals surface area (Å²) in [4.78, 5) is 4.10. The molecule has 0 aliphatic heterocycles. The largest absolute Gasteiger partial charge is 0.382 e. The number of imidazole rings is 1. The van der Waals surface area contributed by atoms with Crippen LogP contribution in [0.3, 0.4) is 0 Å². The maximum atomic E-state index is 4.10. The van der Waals surface area contributed by atoms with Crippen LogP contribution < -0.4 is 5.32 Å². The van der Waals surface area contributed by atoms with Crippen LogP contribution >= 0.6 is 0 Å². The van der Waals surface area contributed by atoms with E-state index in [1.807, 2.05) is 18.7 Å². The van der Waals surface area contributed by atoms with E-state index in [0.717, 1.165) is 18.4 Å². The number of anilines is 1. The zero-order valence-electron chi connectivity index (χ0n) is 13.0. The molecule has 2 aromatic rings. The van der Waals surface area contributed by atoms with E-state index in [4.69, 9.17) is 0 Å². The van der Waals surface area contributed by atoms with Crippen LogP contribution in [0.5, 0.6) is 0 Å². The molecule has 3 rings (SSSR count). The van der Waals surface area contributed by atoms with Crippen molar-refractivity contribution in [3.8, 4) is 0 Å². The van der Waals surface area contributed by atoms with Crippen molar-refractivity contribution in [3.63, 3.8) is 0 Å². The Morgan fingerprint density at radius 2 is 2.19 bits per heavy atom. The first kappa shape index (κ1) is 14.2. The van der Waals surface area contributed by atoms with Crippen molar-refractivity contribution in [2.45, 2.75) is 45.7 Å². The molecule has 3 unspecified atom stereocenters. The summed E-state index contributed by atoms with van der Waals surface area (Å²) in [5.74, 6) is 1.57. The number of nitrogens with one attached hydrogen (secondary N) is 1. The van der Waals surface area contributed by atoms with Crippen LogP contribution in [-0.2, 0) is 6.54 Å². The number of benzene rings is 1. The third-order valence-corrected chi connectivity index (χ3v) is 4.91. The van der Waals surface area contributed by atoms with E-state index in [-0.39, 0.29) is 0 Å². The van der Waals surface area contributed by atoms with Gasteiger partial charge in [0.05, 0.1) is 6.33 Å². The summed E-state index contributed by atoms with van der Waals surface area (Å²) < 4.78 is 2.10. The molecule has 1 heterocycles. The second-order valence-electron chi connectivity index (χ2n) is 6.45. The van der Waals surface area contributed by atoms with Crippen molar-refractivity contribution < 1.29 is 0 Å². The average molecular weight is 283 g/mol. The molecule has 3 atom stereocenters. The molecule has 1 N–H and O–H groups in total. The van der Waals surface area contributed by atoms with E-state index >= 15 is 0 Å². The third kappa shape index (κ3) is 3.46. The molecule has 1 aliphatic carbocycles. The average Bonchev–Trinajstić information content (AvgIpc) is 2.97. The minimum atomic E-state index is 0.609. The van der Waals surface area contributed by atoms with Gasteiger partial charge in [-0.2, -0.15) is 0 Å². The summed E-state index contributed by atoms with van der Waals surface area (Å²) in [6.45, 7) is 5.65. The van der Waals surface area contributed by atoms with E-state index in [9.17, 15) is 0 Å². The molecule has 3 heteroatoms.